The first-order valence-corrected chi connectivity index (χ1v) is 11.9. The molecule has 2 rings (SSSR count). The first-order chi connectivity index (χ1) is 16.3. The molecule has 1 unspecified atom stereocenters. The Bertz CT molecular complexity index is 988. The van der Waals surface area contributed by atoms with Gasteiger partial charge < -0.3 is 19.5 Å². The van der Waals surface area contributed by atoms with Crippen molar-refractivity contribution in [3.05, 3.63) is 56.4 Å². The monoisotopic (exact) mass is 494 g/mol. The standard InChI is InChI=1S/C24H31ClN2O7/c1-5-18-22(24(29)33-7-3)21(20(15(4)26-18)23(28)32-6-2)17-14-16(27(30)31)10-11-19(17)34-13-9-8-12-25/h10-11,14,21,26H,5-9,12-13H2,1-4H3. The van der Waals surface area contributed by atoms with Crippen molar-refractivity contribution in [2.45, 2.75) is 52.9 Å². The molecule has 0 aliphatic carbocycles. The molecule has 0 amide bonds. The molecule has 1 aliphatic heterocycles. The zero-order valence-corrected chi connectivity index (χ0v) is 20.7. The third-order valence-electron chi connectivity index (χ3n) is 5.29. The lowest BCUT2D eigenvalue weighted by Crippen LogP contribution is -2.33. The van der Waals surface area contributed by atoms with Crippen LogP contribution in [0.15, 0.2) is 40.7 Å². The number of alkyl halides is 1. The number of rotatable bonds is 12. The molecule has 34 heavy (non-hydrogen) atoms. The highest BCUT2D eigenvalue weighted by molar-refractivity contribution is 6.17. The number of carbonyl (C=O) groups excluding carboxylic acids is 2. The molecule has 10 heteroatoms. The summed E-state index contributed by atoms with van der Waals surface area (Å²) in [7, 11) is 0. The Morgan fingerprint density at radius 1 is 1.09 bits per heavy atom. The van der Waals surface area contributed by atoms with Crippen molar-refractivity contribution in [3.8, 4) is 5.75 Å². The Hall–Kier alpha value is -3.07. The first kappa shape index (κ1) is 27.2. The zero-order valence-electron chi connectivity index (χ0n) is 19.9. The molecule has 1 aromatic rings. The average Bonchev–Trinajstić information content (AvgIpc) is 2.81. The van der Waals surface area contributed by atoms with Crippen molar-refractivity contribution in [1.82, 2.24) is 5.32 Å². The van der Waals surface area contributed by atoms with E-state index in [1.54, 1.807) is 20.8 Å². The number of carbonyl (C=O) groups is 2. The summed E-state index contributed by atoms with van der Waals surface area (Å²) in [6, 6.07) is 4.16. The predicted molar refractivity (Wildman–Crippen MR) is 128 cm³/mol. The number of non-ortho nitro benzene ring substituents is 1. The first-order valence-electron chi connectivity index (χ1n) is 11.3. The van der Waals surface area contributed by atoms with Crippen molar-refractivity contribution in [2.75, 3.05) is 25.7 Å². The molecule has 1 atom stereocenters. The number of benzene rings is 1. The quantitative estimate of drug-likeness (QED) is 0.145. The van der Waals surface area contributed by atoms with Crippen LogP contribution in [-0.4, -0.2) is 42.6 Å². The van der Waals surface area contributed by atoms with E-state index in [1.165, 1.54) is 18.2 Å². The normalized spacial score (nSPS) is 15.6. The summed E-state index contributed by atoms with van der Waals surface area (Å²) in [5, 5.41) is 14.7. The number of halogens is 1. The molecule has 0 radical (unpaired) electrons. The van der Waals surface area contributed by atoms with Crippen LogP contribution in [0.1, 0.15) is 58.4 Å². The average molecular weight is 495 g/mol. The van der Waals surface area contributed by atoms with Crippen LogP contribution in [-0.2, 0) is 19.1 Å². The van der Waals surface area contributed by atoms with Crippen molar-refractivity contribution < 1.29 is 28.7 Å². The number of allylic oxidation sites excluding steroid dienone is 2. The molecule has 0 bridgehead atoms. The molecule has 0 aromatic heterocycles. The molecule has 0 saturated heterocycles. The van der Waals surface area contributed by atoms with Crippen molar-refractivity contribution in [2.24, 2.45) is 0 Å². The molecular weight excluding hydrogens is 464 g/mol. The van der Waals surface area contributed by atoms with Gasteiger partial charge in [-0.2, -0.15) is 0 Å². The van der Waals surface area contributed by atoms with Gasteiger partial charge in [0.2, 0.25) is 0 Å². The lowest BCUT2D eigenvalue weighted by Gasteiger charge is -2.32. The largest absolute Gasteiger partial charge is 0.493 e. The number of nitro groups is 1. The summed E-state index contributed by atoms with van der Waals surface area (Å²) in [6.07, 6.45) is 1.85. The maximum Gasteiger partial charge on any atom is 0.336 e. The van der Waals surface area contributed by atoms with Crippen LogP contribution in [0, 0.1) is 10.1 Å². The van der Waals surface area contributed by atoms with Crippen LogP contribution in [0.25, 0.3) is 0 Å². The molecule has 1 N–H and O–H groups in total. The van der Waals surface area contributed by atoms with E-state index >= 15 is 0 Å². The fraction of sp³-hybridized carbons (Fsp3) is 0.500. The van der Waals surface area contributed by atoms with Gasteiger partial charge in [-0.15, -0.1) is 11.6 Å². The number of esters is 2. The Labute approximate surface area is 204 Å². The topological polar surface area (TPSA) is 117 Å². The molecule has 1 aromatic carbocycles. The Balaban J connectivity index is 2.78. The Morgan fingerprint density at radius 2 is 1.74 bits per heavy atom. The summed E-state index contributed by atoms with van der Waals surface area (Å²) >= 11 is 5.75. The Kier molecular flexibility index (Phi) is 10.4. The maximum absolute atomic E-state index is 13.1. The second-order valence-electron chi connectivity index (χ2n) is 7.51. The fourth-order valence-corrected chi connectivity index (χ4v) is 3.99. The van der Waals surface area contributed by atoms with Gasteiger partial charge in [-0.1, -0.05) is 6.92 Å². The molecule has 0 spiro atoms. The molecule has 0 saturated carbocycles. The van der Waals surface area contributed by atoms with Gasteiger partial charge in [0.1, 0.15) is 5.75 Å². The number of hydrogen-bond donors (Lipinski definition) is 1. The van der Waals surface area contributed by atoms with E-state index in [-0.39, 0.29) is 30.0 Å². The highest BCUT2D eigenvalue weighted by Crippen LogP contribution is 2.44. The number of nitro benzene ring substituents is 1. The van der Waals surface area contributed by atoms with Crippen molar-refractivity contribution in [1.29, 1.82) is 0 Å². The minimum atomic E-state index is -0.975. The Morgan fingerprint density at radius 3 is 2.29 bits per heavy atom. The number of unbranched alkanes of at least 4 members (excludes halogenated alkanes) is 1. The van der Waals surface area contributed by atoms with E-state index in [0.717, 1.165) is 6.42 Å². The number of hydrogen-bond acceptors (Lipinski definition) is 8. The van der Waals surface area contributed by atoms with Crippen LogP contribution in [0.3, 0.4) is 0 Å². The van der Waals surface area contributed by atoms with Crippen molar-refractivity contribution in [3.63, 3.8) is 0 Å². The SMILES string of the molecule is CCOC(=O)C1=C(C)NC(CC)=C(C(=O)OCC)C1c1cc([N+](=O)[O-])ccc1OCCCCCl. The lowest BCUT2D eigenvalue weighted by atomic mass is 9.79. The van der Waals surface area contributed by atoms with E-state index in [0.29, 0.717) is 48.0 Å². The molecule has 1 aliphatic rings. The van der Waals surface area contributed by atoms with Gasteiger partial charge in [0.15, 0.2) is 0 Å². The summed E-state index contributed by atoms with van der Waals surface area (Å²) in [5.41, 5.74) is 1.56. The van der Waals surface area contributed by atoms with Gasteiger partial charge >= 0.3 is 11.9 Å². The zero-order chi connectivity index (χ0) is 25.3. The minimum absolute atomic E-state index is 0.123. The fourth-order valence-electron chi connectivity index (χ4n) is 3.80. The van der Waals surface area contributed by atoms with Gasteiger partial charge in [0.05, 0.1) is 41.8 Å². The highest BCUT2D eigenvalue weighted by Gasteiger charge is 2.40. The number of nitrogens with one attached hydrogen (secondary N) is 1. The second-order valence-corrected chi connectivity index (χ2v) is 7.89. The third kappa shape index (κ3) is 6.28. The van der Waals surface area contributed by atoms with Crippen molar-refractivity contribution >= 4 is 29.2 Å². The summed E-state index contributed by atoms with van der Waals surface area (Å²) in [5.74, 6) is -1.41. The van der Waals surface area contributed by atoms with E-state index in [2.05, 4.69) is 5.32 Å². The minimum Gasteiger partial charge on any atom is -0.493 e. The van der Waals surface area contributed by atoms with Crippen LogP contribution in [0.4, 0.5) is 5.69 Å². The van der Waals surface area contributed by atoms with Gasteiger partial charge in [-0.05, 0) is 46.1 Å². The van der Waals surface area contributed by atoms with Crippen LogP contribution >= 0.6 is 11.6 Å². The number of dihydropyridines is 1. The van der Waals surface area contributed by atoms with E-state index < -0.39 is 22.8 Å². The summed E-state index contributed by atoms with van der Waals surface area (Å²) in [4.78, 5) is 37.3. The van der Waals surface area contributed by atoms with E-state index in [1.807, 2.05) is 6.92 Å². The third-order valence-corrected chi connectivity index (χ3v) is 5.56. The smallest absolute Gasteiger partial charge is 0.336 e. The van der Waals surface area contributed by atoms with Gasteiger partial charge in [0.25, 0.3) is 5.69 Å². The molecule has 1 heterocycles. The van der Waals surface area contributed by atoms with E-state index in [9.17, 15) is 19.7 Å². The number of nitrogens with zero attached hydrogens (tertiary/aromatic N) is 1. The van der Waals surface area contributed by atoms with Gasteiger partial charge in [0, 0.05) is 35.0 Å². The van der Waals surface area contributed by atoms with Crippen LogP contribution < -0.4 is 10.1 Å². The summed E-state index contributed by atoms with van der Waals surface area (Å²) < 4.78 is 16.6. The molecule has 0 fully saturated rings. The lowest BCUT2D eigenvalue weighted by molar-refractivity contribution is -0.384. The highest BCUT2D eigenvalue weighted by atomic mass is 35.5. The second kappa shape index (κ2) is 13.0. The summed E-state index contributed by atoms with van der Waals surface area (Å²) in [6.45, 7) is 7.49. The molecule has 9 nitrogen and oxygen atoms in total. The van der Waals surface area contributed by atoms with Gasteiger partial charge in [-0.25, -0.2) is 9.59 Å². The molecule has 186 valence electrons. The number of ether oxygens (including phenoxy) is 3. The van der Waals surface area contributed by atoms with Crippen LogP contribution in [0.5, 0.6) is 5.75 Å². The van der Waals surface area contributed by atoms with Gasteiger partial charge in [-0.3, -0.25) is 10.1 Å². The van der Waals surface area contributed by atoms with E-state index in [4.69, 9.17) is 25.8 Å². The maximum atomic E-state index is 13.1. The van der Waals surface area contributed by atoms with Crippen LogP contribution in [0.2, 0.25) is 0 Å². The molecular formula is C24H31ClN2O7. The predicted octanol–water partition coefficient (Wildman–Crippen LogP) is 4.74.